The van der Waals surface area contributed by atoms with E-state index < -0.39 is 0 Å². The Balaban J connectivity index is 1.93. The van der Waals surface area contributed by atoms with Crippen molar-refractivity contribution >= 4 is 11.4 Å². The maximum absolute atomic E-state index is 3.26. The molecule has 2 nitrogen and oxygen atoms in total. The van der Waals surface area contributed by atoms with E-state index in [0.717, 1.165) is 13.1 Å². The number of benzene rings is 2. The van der Waals surface area contributed by atoms with E-state index in [-0.39, 0.29) is 5.41 Å². The molecule has 0 saturated carbocycles. The van der Waals surface area contributed by atoms with Gasteiger partial charge in [-0.2, -0.15) is 0 Å². The fourth-order valence-corrected chi connectivity index (χ4v) is 3.45. The SMILES string of the molecule is CNCCC[C@@]1(C)CN(c2ccccc2)c2ccccc21. The van der Waals surface area contributed by atoms with Crippen LogP contribution in [-0.2, 0) is 5.41 Å². The summed E-state index contributed by atoms with van der Waals surface area (Å²) in [7, 11) is 2.03. The highest BCUT2D eigenvalue weighted by molar-refractivity contribution is 5.72. The Bertz CT molecular complexity index is 594. The number of nitrogens with one attached hydrogen (secondary N) is 1. The summed E-state index contributed by atoms with van der Waals surface area (Å²) in [6.07, 6.45) is 2.43. The zero-order valence-electron chi connectivity index (χ0n) is 13.0. The Kier molecular flexibility index (Phi) is 3.98. The maximum Gasteiger partial charge on any atom is 0.0449 e. The van der Waals surface area contributed by atoms with Crippen LogP contribution in [0.25, 0.3) is 0 Å². The molecule has 0 fully saturated rings. The summed E-state index contributed by atoms with van der Waals surface area (Å²) in [5.41, 5.74) is 4.39. The Hall–Kier alpha value is -1.80. The number of para-hydroxylation sites is 2. The lowest BCUT2D eigenvalue weighted by Gasteiger charge is -2.26. The predicted molar refractivity (Wildman–Crippen MR) is 90.4 cm³/mol. The molecule has 2 aromatic carbocycles. The van der Waals surface area contributed by atoms with Gasteiger partial charge in [-0.1, -0.05) is 43.3 Å². The number of fused-ring (bicyclic) bond motifs is 1. The number of nitrogens with zero attached hydrogens (tertiary/aromatic N) is 1. The minimum atomic E-state index is 0.239. The number of hydrogen-bond donors (Lipinski definition) is 1. The summed E-state index contributed by atoms with van der Waals surface area (Å²) in [6, 6.07) is 19.6. The molecule has 0 bridgehead atoms. The maximum atomic E-state index is 3.26. The first-order chi connectivity index (χ1) is 10.2. The average Bonchev–Trinajstić information content (AvgIpc) is 2.83. The van der Waals surface area contributed by atoms with E-state index in [1.54, 1.807) is 0 Å². The van der Waals surface area contributed by atoms with Crippen LogP contribution in [0.2, 0.25) is 0 Å². The van der Waals surface area contributed by atoms with Gasteiger partial charge in [0, 0.05) is 23.3 Å². The van der Waals surface area contributed by atoms with Gasteiger partial charge in [-0.05, 0) is 50.2 Å². The van der Waals surface area contributed by atoms with Gasteiger partial charge < -0.3 is 10.2 Å². The zero-order chi connectivity index (χ0) is 14.7. The lowest BCUT2D eigenvalue weighted by atomic mass is 9.80. The van der Waals surface area contributed by atoms with Crippen LogP contribution in [-0.4, -0.2) is 20.1 Å². The molecule has 3 rings (SSSR count). The Morgan fingerprint density at radius 3 is 2.52 bits per heavy atom. The molecule has 21 heavy (non-hydrogen) atoms. The van der Waals surface area contributed by atoms with Gasteiger partial charge >= 0.3 is 0 Å². The minimum absolute atomic E-state index is 0.239. The Morgan fingerprint density at radius 1 is 1.05 bits per heavy atom. The van der Waals surface area contributed by atoms with E-state index in [9.17, 15) is 0 Å². The van der Waals surface area contributed by atoms with Gasteiger partial charge in [-0.15, -0.1) is 0 Å². The zero-order valence-corrected chi connectivity index (χ0v) is 13.0. The molecule has 0 aromatic heterocycles. The molecular formula is C19H24N2. The van der Waals surface area contributed by atoms with Crippen LogP contribution in [0.4, 0.5) is 11.4 Å². The van der Waals surface area contributed by atoms with Gasteiger partial charge in [0.25, 0.3) is 0 Å². The molecule has 110 valence electrons. The third-order valence-corrected chi connectivity index (χ3v) is 4.58. The summed E-state index contributed by atoms with van der Waals surface area (Å²) in [6.45, 7) is 4.56. The third-order valence-electron chi connectivity index (χ3n) is 4.58. The molecule has 0 aliphatic carbocycles. The molecule has 0 amide bonds. The molecule has 2 aromatic rings. The largest absolute Gasteiger partial charge is 0.340 e. The molecule has 1 heterocycles. The normalized spacial score (nSPS) is 20.6. The van der Waals surface area contributed by atoms with E-state index in [2.05, 4.69) is 71.7 Å². The Labute approximate surface area is 127 Å². The van der Waals surface area contributed by atoms with E-state index in [1.165, 1.54) is 29.8 Å². The van der Waals surface area contributed by atoms with E-state index in [0.29, 0.717) is 0 Å². The summed E-state index contributed by atoms with van der Waals surface area (Å²) >= 11 is 0. The molecule has 0 spiro atoms. The van der Waals surface area contributed by atoms with Crippen LogP contribution in [0.1, 0.15) is 25.3 Å². The standard InChI is InChI=1S/C19H24N2/c1-19(13-8-14-20-2)15-21(16-9-4-3-5-10-16)18-12-7-6-11-17(18)19/h3-7,9-12,20H,8,13-15H2,1-2H3/t19-/m0/s1. The van der Waals surface area contributed by atoms with Gasteiger partial charge in [0.1, 0.15) is 0 Å². The lowest BCUT2D eigenvalue weighted by Crippen LogP contribution is -2.29. The molecule has 1 aliphatic rings. The van der Waals surface area contributed by atoms with Crippen molar-refractivity contribution in [2.75, 3.05) is 25.0 Å². The van der Waals surface area contributed by atoms with Crippen LogP contribution in [0.5, 0.6) is 0 Å². The van der Waals surface area contributed by atoms with Crippen LogP contribution in [0.15, 0.2) is 54.6 Å². The van der Waals surface area contributed by atoms with Crippen LogP contribution in [0.3, 0.4) is 0 Å². The summed E-state index contributed by atoms with van der Waals surface area (Å²) in [5.74, 6) is 0. The number of rotatable bonds is 5. The van der Waals surface area contributed by atoms with E-state index in [1.807, 2.05) is 7.05 Å². The van der Waals surface area contributed by atoms with Crippen molar-refractivity contribution in [3.8, 4) is 0 Å². The molecule has 0 unspecified atom stereocenters. The van der Waals surface area contributed by atoms with Gasteiger partial charge in [0.2, 0.25) is 0 Å². The van der Waals surface area contributed by atoms with E-state index >= 15 is 0 Å². The van der Waals surface area contributed by atoms with Crippen molar-refractivity contribution in [2.24, 2.45) is 0 Å². The van der Waals surface area contributed by atoms with Crippen molar-refractivity contribution in [1.82, 2.24) is 5.32 Å². The molecule has 2 heteroatoms. The minimum Gasteiger partial charge on any atom is -0.340 e. The van der Waals surface area contributed by atoms with Crippen LogP contribution < -0.4 is 10.2 Å². The van der Waals surface area contributed by atoms with Crippen molar-refractivity contribution < 1.29 is 0 Å². The first kappa shape index (κ1) is 14.2. The molecule has 0 radical (unpaired) electrons. The van der Waals surface area contributed by atoms with Crippen molar-refractivity contribution in [1.29, 1.82) is 0 Å². The fourth-order valence-electron chi connectivity index (χ4n) is 3.45. The monoisotopic (exact) mass is 280 g/mol. The topological polar surface area (TPSA) is 15.3 Å². The van der Waals surface area contributed by atoms with Gasteiger partial charge in [-0.25, -0.2) is 0 Å². The second-order valence-electron chi connectivity index (χ2n) is 6.21. The number of anilines is 2. The van der Waals surface area contributed by atoms with Crippen LogP contribution in [0, 0.1) is 0 Å². The second-order valence-corrected chi connectivity index (χ2v) is 6.21. The summed E-state index contributed by atoms with van der Waals surface area (Å²) < 4.78 is 0. The number of hydrogen-bond acceptors (Lipinski definition) is 2. The quantitative estimate of drug-likeness (QED) is 0.830. The van der Waals surface area contributed by atoms with Crippen LogP contribution >= 0.6 is 0 Å². The molecular weight excluding hydrogens is 256 g/mol. The van der Waals surface area contributed by atoms with Gasteiger partial charge in [0.15, 0.2) is 0 Å². The Morgan fingerprint density at radius 2 is 1.76 bits per heavy atom. The third kappa shape index (κ3) is 2.68. The van der Waals surface area contributed by atoms with Gasteiger partial charge in [0.05, 0.1) is 0 Å². The highest BCUT2D eigenvalue weighted by Crippen LogP contribution is 2.46. The van der Waals surface area contributed by atoms with Crippen molar-refractivity contribution in [3.63, 3.8) is 0 Å². The molecule has 0 saturated heterocycles. The average molecular weight is 280 g/mol. The highest BCUT2D eigenvalue weighted by Gasteiger charge is 2.38. The van der Waals surface area contributed by atoms with Crippen molar-refractivity contribution in [2.45, 2.75) is 25.2 Å². The smallest absolute Gasteiger partial charge is 0.0449 e. The van der Waals surface area contributed by atoms with Gasteiger partial charge in [-0.3, -0.25) is 0 Å². The van der Waals surface area contributed by atoms with Crippen molar-refractivity contribution in [3.05, 3.63) is 60.2 Å². The first-order valence-electron chi connectivity index (χ1n) is 7.81. The highest BCUT2D eigenvalue weighted by atomic mass is 15.2. The second kappa shape index (κ2) is 5.90. The predicted octanol–water partition coefficient (Wildman–Crippen LogP) is 4.10. The molecule has 1 atom stereocenters. The summed E-state index contributed by atoms with van der Waals surface area (Å²) in [5, 5.41) is 3.26. The summed E-state index contributed by atoms with van der Waals surface area (Å²) in [4.78, 5) is 2.47. The molecule has 1 N–H and O–H groups in total. The molecule has 1 aliphatic heterocycles. The fraction of sp³-hybridized carbons (Fsp3) is 0.368. The lowest BCUT2D eigenvalue weighted by molar-refractivity contribution is 0.445. The first-order valence-corrected chi connectivity index (χ1v) is 7.81. The van der Waals surface area contributed by atoms with E-state index in [4.69, 9.17) is 0 Å².